The summed E-state index contributed by atoms with van der Waals surface area (Å²) in [6.45, 7) is 5.93. The summed E-state index contributed by atoms with van der Waals surface area (Å²) in [6.07, 6.45) is 1.77. The lowest BCUT2D eigenvalue weighted by molar-refractivity contribution is 0.581. The van der Waals surface area contributed by atoms with Gasteiger partial charge in [-0.1, -0.05) is 6.07 Å². The summed E-state index contributed by atoms with van der Waals surface area (Å²) in [7, 11) is -1.91. The van der Waals surface area contributed by atoms with Gasteiger partial charge in [-0.2, -0.15) is 5.10 Å². The van der Waals surface area contributed by atoms with Crippen molar-refractivity contribution in [3.8, 4) is 0 Å². The van der Waals surface area contributed by atoms with E-state index in [2.05, 4.69) is 35.6 Å². The fourth-order valence-corrected chi connectivity index (χ4v) is 4.22. The molecule has 154 valence electrons. The fraction of sp³-hybridized carbons (Fsp3) is 0.333. The van der Waals surface area contributed by atoms with Gasteiger partial charge in [0.2, 0.25) is 10.0 Å². The molecule has 0 radical (unpaired) electrons. The second-order valence-electron chi connectivity index (χ2n) is 6.60. The molecule has 0 aliphatic rings. The Morgan fingerprint density at radius 3 is 2.24 bits per heavy atom. The van der Waals surface area contributed by atoms with Gasteiger partial charge < -0.3 is 10.6 Å². The van der Waals surface area contributed by atoms with Crippen molar-refractivity contribution >= 4 is 27.5 Å². The number of nitrogens with zero attached hydrogens (tertiary/aromatic N) is 5. The Morgan fingerprint density at radius 2 is 1.66 bits per heavy atom. The summed E-state index contributed by atoms with van der Waals surface area (Å²) in [6, 6.07) is 7.34. The third kappa shape index (κ3) is 5.06. The predicted octanol–water partition coefficient (Wildman–Crippen LogP) is 1.66. The van der Waals surface area contributed by atoms with Crippen molar-refractivity contribution < 1.29 is 8.42 Å². The summed E-state index contributed by atoms with van der Waals surface area (Å²) in [5.74, 6) is 1.79. The van der Waals surface area contributed by atoms with Gasteiger partial charge in [-0.05, 0) is 44.5 Å². The van der Waals surface area contributed by atoms with Crippen LogP contribution in [0.25, 0.3) is 0 Å². The Hall–Kier alpha value is -3.05. The number of nitrogens with one attached hydrogen (secondary N) is 3. The van der Waals surface area contributed by atoms with Gasteiger partial charge in [0.05, 0.1) is 11.4 Å². The first-order chi connectivity index (χ1) is 13.8. The fourth-order valence-electron chi connectivity index (χ4n) is 2.76. The van der Waals surface area contributed by atoms with Gasteiger partial charge >= 0.3 is 0 Å². The summed E-state index contributed by atoms with van der Waals surface area (Å²) in [4.78, 5) is 4.47. The first-order valence-electron chi connectivity index (χ1n) is 9.03. The molecule has 29 heavy (non-hydrogen) atoms. The van der Waals surface area contributed by atoms with Crippen LogP contribution in [0.5, 0.6) is 0 Å². The van der Waals surface area contributed by atoms with Crippen LogP contribution in [0.3, 0.4) is 0 Å². The van der Waals surface area contributed by atoms with Crippen LogP contribution in [0, 0.1) is 20.8 Å². The molecule has 0 unspecified atom stereocenters. The third-order valence-corrected chi connectivity index (χ3v) is 5.98. The molecule has 0 amide bonds. The Balaban J connectivity index is 1.51. The topological polar surface area (TPSA) is 127 Å². The molecule has 0 fully saturated rings. The lowest BCUT2D eigenvalue weighted by Crippen LogP contribution is -2.29. The molecule has 3 aromatic rings. The molecule has 0 saturated heterocycles. The van der Waals surface area contributed by atoms with Crippen molar-refractivity contribution in [1.82, 2.24) is 29.7 Å². The van der Waals surface area contributed by atoms with E-state index in [0.717, 1.165) is 5.56 Å². The van der Waals surface area contributed by atoms with Crippen LogP contribution >= 0.6 is 0 Å². The van der Waals surface area contributed by atoms with Crippen LogP contribution in [0.1, 0.15) is 17.0 Å². The quantitative estimate of drug-likeness (QED) is 0.473. The molecule has 11 heteroatoms. The van der Waals surface area contributed by atoms with Gasteiger partial charge in [-0.15, -0.1) is 10.2 Å². The van der Waals surface area contributed by atoms with E-state index in [0.29, 0.717) is 35.4 Å². The minimum absolute atomic E-state index is 0.199. The molecule has 0 atom stereocenters. The maximum absolute atomic E-state index is 12.5. The van der Waals surface area contributed by atoms with Crippen molar-refractivity contribution in [3.05, 3.63) is 47.4 Å². The molecule has 0 saturated carbocycles. The Labute approximate surface area is 169 Å². The van der Waals surface area contributed by atoms with E-state index in [9.17, 15) is 8.42 Å². The van der Waals surface area contributed by atoms with Crippen molar-refractivity contribution in [2.75, 3.05) is 23.7 Å². The zero-order chi connectivity index (χ0) is 21.0. The number of anilines is 3. The molecule has 3 heterocycles. The predicted molar refractivity (Wildman–Crippen MR) is 111 cm³/mol. The van der Waals surface area contributed by atoms with Gasteiger partial charge in [0.1, 0.15) is 16.5 Å². The highest BCUT2D eigenvalue weighted by molar-refractivity contribution is 7.89. The van der Waals surface area contributed by atoms with E-state index in [1.807, 2.05) is 19.1 Å². The van der Waals surface area contributed by atoms with Crippen molar-refractivity contribution in [3.63, 3.8) is 0 Å². The number of hydrogen-bond acceptors (Lipinski definition) is 8. The zero-order valence-electron chi connectivity index (χ0n) is 16.8. The number of pyridine rings is 1. The summed E-state index contributed by atoms with van der Waals surface area (Å²) in [5.41, 5.74) is 2.15. The number of aryl methyl sites for hydroxylation is 3. The van der Waals surface area contributed by atoms with Gasteiger partial charge in [-0.3, -0.25) is 4.68 Å². The second kappa shape index (κ2) is 8.53. The molecule has 0 aromatic carbocycles. The SMILES string of the molecule is Cc1ccc(Nc2ccc(NCCNS(=O)(=O)c3c(C)nn(C)c3C)nn2)nc1. The summed E-state index contributed by atoms with van der Waals surface area (Å²) >= 11 is 0. The molecule has 10 nitrogen and oxygen atoms in total. The van der Waals surface area contributed by atoms with Crippen LogP contribution in [0.4, 0.5) is 17.5 Å². The summed E-state index contributed by atoms with van der Waals surface area (Å²) < 4.78 is 29.1. The average molecular weight is 417 g/mol. The van der Waals surface area contributed by atoms with E-state index in [-0.39, 0.29) is 11.4 Å². The molecule has 0 aliphatic heterocycles. The number of aromatic nitrogens is 5. The van der Waals surface area contributed by atoms with Crippen LogP contribution in [0.2, 0.25) is 0 Å². The zero-order valence-corrected chi connectivity index (χ0v) is 17.6. The van der Waals surface area contributed by atoms with Crippen LogP contribution in [-0.4, -0.2) is 46.5 Å². The van der Waals surface area contributed by atoms with Gasteiger partial charge in [0.15, 0.2) is 5.82 Å². The minimum atomic E-state index is -3.63. The van der Waals surface area contributed by atoms with Crippen LogP contribution in [0.15, 0.2) is 35.4 Å². The molecular weight excluding hydrogens is 392 g/mol. The van der Waals surface area contributed by atoms with Crippen LogP contribution in [-0.2, 0) is 17.1 Å². The van der Waals surface area contributed by atoms with E-state index in [4.69, 9.17) is 0 Å². The maximum atomic E-state index is 12.5. The molecular formula is C18H24N8O2S. The Morgan fingerprint density at radius 1 is 0.966 bits per heavy atom. The van der Waals surface area contributed by atoms with Crippen molar-refractivity contribution in [1.29, 1.82) is 0 Å². The van der Waals surface area contributed by atoms with E-state index >= 15 is 0 Å². The minimum Gasteiger partial charge on any atom is -0.367 e. The molecule has 3 aromatic heterocycles. The van der Waals surface area contributed by atoms with Crippen LogP contribution < -0.4 is 15.4 Å². The van der Waals surface area contributed by atoms with Crippen molar-refractivity contribution in [2.24, 2.45) is 7.05 Å². The highest BCUT2D eigenvalue weighted by atomic mass is 32.2. The Kier molecular flexibility index (Phi) is 6.09. The lowest BCUT2D eigenvalue weighted by atomic mass is 10.3. The number of hydrogen-bond donors (Lipinski definition) is 3. The van der Waals surface area contributed by atoms with Gasteiger partial charge in [0, 0.05) is 26.3 Å². The Bertz CT molecular complexity index is 1080. The summed E-state index contributed by atoms with van der Waals surface area (Å²) in [5, 5.41) is 18.4. The standard InChI is InChI=1S/C18H24N8O2S/c1-12-5-6-15(20-11-12)22-17-8-7-16(23-24-17)19-9-10-21-29(27,28)18-13(2)25-26(4)14(18)3/h5-8,11,21H,9-10H2,1-4H3,(H,19,23)(H,20,22,24). The monoisotopic (exact) mass is 416 g/mol. The first-order valence-corrected chi connectivity index (χ1v) is 10.5. The van der Waals surface area contributed by atoms with Crippen molar-refractivity contribution in [2.45, 2.75) is 25.7 Å². The second-order valence-corrected chi connectivity index (χ2v) is 8.30. The highest BCUT2D eigenvalue weighted by Gasteiger charge is 2.23. The first kappa shape index (κ1) is 20.7. The third-order valence-electron chi connectivity index (χ3n) is 4.27. The lowest BCUT2D eigenvalue weighted by Gasteiger charge is -2.09. The highest BCUT2D eigenvalue weighted by Crippen LogP contribution is 2.18. The average Bonchev–Trinajstić information content (AvgIpc) is 2.94. The molecule has 0 bridgehead atoms. The number of sulfonamides is 1. The number of rotatable bonds is 8. The largest absolute Gasteiger partial charge is 0.367 e. The maximum Gasteiger partial charge on any atom is 0.244 e. The molecule has 3 N–H and O–H groups in total. The molecule has 3 rings (SSSR count). The van der Waals surface area contributed by atoms with Gasteiger partial charge in [0.25, 0.3) is 0 Å². The van der Waals surface area contributed by atoms with E-state index in [1.54, 1.807) is 43.9 Å². The van der Waals surface area contributed by atoms with Gasteiger partial charge in [-0.25, -0.2) is 18.1 Å². The molecule has 0 aliphatic carbocycles. The molecule has 0 spiro atoms. The normalized spacial score (nSPS) is 11.4. The van der Waals surface area contributed by atoms with E-state index in [1.165, 1.54) is 0 Å². The smallest absolute Gasteiger partial charge is 0.244 e. The van der Waals surface area contributed by atoms with E-state index < -0.39 is 10.0 Å².